The maximum absolute atomic E-state index is 11.0. The van der Waals surface area contributed by atoms with Gasteiger partial charge in [0.05, 0.1) is 16.5 Å². The fraction of sp³-hybridized carbons (Fsp3) is 0.636. The monoisotopic (exact) mass is 257 g/mol. The summed E-state index contributed by atoms with van der Waals surface area (Å²) in [5.41, 5.74) is 1.11. The summed E-state index contributed by atoms with van der Waals surface area (Å²) in [6, 6.07) is 0. The van der Waals surface area contributed by atoms with Crippen molar-refractivity contribution in [3.63, 3.8) is 0 Å². The number of aromatic nitrogens is 1. The zero-order valence-corrected chi connectivity index (χ0v) is 10.4. The standard InChI is InChI=1S/C11H15NO4S/c1-11(2-4-16-5-3-11)9(13)8-7(10(14)15)12-6-17-8/h6,9,13H,2-5H2,1H3,(H,14,15). The van der Waals surface area contributed by atoms with Crippen LogP contribution in [0.15, 0.2) is 5.51 Å². The molecule has 1 fully saturated rings. The second-order valence-corrected chi connectivity index (χ2v) is 5.43. The molecule has 2 N–H and O–H groups in total. The van der Waals surface area contributed by atoms with Crippen molar-refractivity contribution in [3.05, 3.63) is 16.1 Å². The van der Waals surface area contributed by atoms with Gasteiger partial charge in [-0.15, -0.1) is 11.3 Å². The van der Waals surface area contributed by atoms with E-state index in [1.807, 2.05) is 6.92 Å². The van der Waals surface area contributed by atoms with Crippen molar-refractivity contribution >= 4 is 17.3 Å². The summed E-state index contributed by atoms with van der Waals surface area (Å²) < 4.78 is 5.27. The van der Waals surface area contributed by atoms with Crippen LogP contribution >= 0.6 is 11.3 Å². The predicted octanol–water partition coefficient (Wildman–Crippen LogP) is 1.69. The molecule has 0 spiro atoms. The number of rotatable bonds is 3. The van der Waals surface area contributed by atoms with Gasteiger partial charge in [0.25, 0.3) is 0 Å². The third-order valence-electron chi connectivity index (χ3n) is 3.34. The smallest absolute Gasteiger partial charge is 0.355 e. The quantitative estimate of drug-likeness (QED) is 0.861. The normalized spacial score (nSPS) is 21.1. The first kappa shape index (κ1) is 12.5. The number of thiazole rings is 1. The van der Waals surface area contributed by atoms with E-state index in [1.54, 1.807) is 0 Å². The number of ether oxygens (including phenoxy) is 1. The summed E-state index contributed by atoms with van der Waals surface area (Å²) in [7, 11) is 0. The summed E-state index contributed by atoms with van der Waals surface area (Å²) in [5, 5.41) is 19.4. The van der Waals surface area contributed by atoms with Crippen molar-refractivity contribution in [1.82, 2.24) is 4.98 Å². The number of carbonyl (C=O) groups is 1. The van der Waals surface area contributed by atoms with Gasteiger partial charge in [-0.2, -0.15) is 0 Å². The number of aliphatic hydroxyl groups is 1. The Hall–Kier alpha value is -0.980. The fourth-order valence-electron chi connectivity index (χ4n) is 2.04. The lowest BCUT2D eigenvalue weighted by atomic mass is 9.76. The molecule has 1 saturated heterocycles. The van der Waals surface area contributed by atoms with Crippen LogP contribution in [0.4, 0.5) is 0 Å². The molecule has 0 aromatic carbocycles. The second-order valence-electron chi connectivity index (χ2n) is 4.54. The second kappa shape index (κ2) is 4.72. The van der Waals surface area contributed by atoms with Crippen LogP contribution < -0.4 is 0 Å². The Morgan fingerprint density at radius 2 is 2.24 bits per heavy atom. The van der Waals surface area contributed by atoms with Crippen molar-refractivity contribution in [3.8, 4) is 0 Å². The molecule has 0 bridgehead atoms. The van der Waals surface area contributed by atoms with E-state index < -0.39 is 12.1 Å². The largest absolute Gasteiger partial charge is 0.476 e. The van der Waals surface area contributed by atoms with Gasteiger partial charge in [-0.25, -0.2) is 9.78 Å². The molecule has 17 heavy (non-hydrogen) atoms. The lowest BCUT2D eigenvalue weighted by Gasteiger charge is -2.37. The Labute approximate surface area is 103 Å². The Morgan fingerprint density at radius 3 is 2.82 bits per heavy atom. The first-order valence-corrected chi connectivity index (χ1v) is 6.35. The average Bonchev–Trinajstić information content (AvgIpc) is 2.77. The zero-order valence-electron chi connectivity index (χ0n) is 9.55. The van der Waals surface area contributed by atoms with E-state index in [0.29, 0.717) is 18.1 Å². The number of nitrogens with zero attached hydrogens (tertiary/aromatic N) is 1. The third kappa shape index (κ3) is 2.34. The summed E-state index contributed by atoms with van der Waals surface area (Å²) in [6.45, 7) is 3.18. The van der Waals surface area contributed by atoms with Gasteiger partial charge in [-0.3, -0.25) is 0 Å². The van der Waals surface area contributed by atoms with E-state index >= 15 is 0 Å². The molecule has 0 aliphatic carbocycles. The predicted molar refractivity (Wildman–Crippen MR) is 62.2 cm³/mol. The van der Waals surface area contributed by atoms with E-state index in [1.165, 1.54) is 16.8 Å². The first-order valence-electron chi connectivity index (χ1n) is 5.47. The van der Waals surface area contributed by atoms with Gasteiger partial charge in [0.15, 0.2) is 5.69 Å². The molecule has 1 aliphatic rings. The summed E-state index contributed by atoms with van der Waals surface area (Å²) in [5.74, 6) is -1.09. The minimum atomic E-state index is -1.09. The fourth-order valence-corrected chi connectivity index (χ4v) is 2.97. The molecule has 1 aromatic heterocycles. The zero-order chi connectivity index (χ0) is 12.5. The van der Waals surface area contributed by atoms with E-state index in [2.05, 4.69) is 4.98 Å². The minimum Gasteiger partial charge on any atom is -0.476 e. The molecule has 1 atom stereocenters. The average molecular weight is 257 g/mol. The lowest BCUT2D eigenvalue weighted by molar-refractivity contribution is -0.0516. The van der Waals surface area contributed by atoms with Crippen molar-refractivity contribution in [2.45, 2.75) is 25.9 Å². The van der Waals surface area contributed by atoms with Crippen LogP contribution in [0, 0.1) is 5.41 Å². The molecule has 1 aromatic rings. The van der Waals surface area contributed by atoms with Crippen LogP contribution in [0.25, 0.3) is 0 Å². The van der Waals surface area contributed by atoms with Gasteiger partial charge in [0.2, 0.25) is 0 Å². The van der Waals surface area contributed by atoms with Gasteiger partial charge in [0, 0.05) is 18.6 Å². The molecular weight excluding hydrogens is 242 g/mol. The SMILES string of the molecule is CC1(C(O)c2scnc2C(=O)O)CCOCC1. The maximum Gasteiger partial charge on any atom is 0.355 e. The summed E-state index contributed by atoms with van der Waals surface area (Å²) in [4.78, 5) is 15.2. The first-order chi connectivity index (χ1) is 8.04. The third-order valence-corrected chi connectivity index (χ3v) is 4.22. The molecule has 94 valence electrons. The number of carboxylic acids is 1. The molecule has 1 aliphatic heterocycles. The van der Waals surface area contributed by atoms with Gasteiger partial charge in [-0.1, -0.05) is 6.92 Å². The molecular formula is C11H15NO4S. The van der Waals surface area contributed by atoms with Crippen molar-refractivity contribution in [2.75, 3.05) is 13.2 Å². The minimum absolute atomic E-state index is 0.0322. The number of carboxylic acid groups (broad SMARTS) is 1. The highest BCUT2D eigenvalue weighted by molar-refractivity contribution is 7.10. The number of hydrogen-bond acceptors (Lipinski definition) is 5. The van der Waals surface area contributed by atoms with Crippen LogP contribution in [0.1, 0.15) is 41.2 Å². The van der Waals surface area contributed by atoms with E-state index in [0.717, 1.165) is 12.8 Å². The summed E-state index contributed by atoms with van der Waals surface area (Å²) in [6.07, 6.45) is 0.668. The van der Waals surface area contributed by atoms with Crippen LogP contribution in [0.5, 0.6) is 0 Å². The molecule has 6 heteroatoms. The lowest BCUT2D eigenvalue weighted by Crippen LogP contribution is -2.33. The summed E-state index contributed by atoms with van der Waals surface area (Å²) >= 11 is 1.20. The molecule has 5 nitrogen and oxygen atoms in total. The molecule has 2 rings (SSSR count). The molecule has 1 unspecified atom stereocenters. The Bertz CT molecular complexity index is 411. The highest BCUT2D eigenvalue weighted by atomic mass is 32.1. The molecule has 0 radical (unpaired) electrons. The number of aromatic carboxylic acids is 1. The molecule has 2 heterocycles. The maximum atomic E-state index is 11.0. The van der Waals surface area contributed by atoms with Crippen LogP contribution in [0.3, 0.4) is 0 Å². The number of hydrogen-bond donors (Lipinski definition) is 2. The van der Waals surface area contributed by atoms with Gasteiger partial charge < -0.3 is 14.9 Å². The van der Waals surface area contributed by atoms with Gasteiger partial charge >= 0.3 is 5.97 Å². The Kier molecular flexibility index (Phi) is 3.46. The van der Waals surface area contributed by atoms with Gasteiger partial charge in [0.1, 0.15) is 0 Å². The van der Waals surface area contributed by atoms with Crippen LogP contribution in [-0.2, 0) is 4.74 Å². The van der Waals surface area contributed by atoms with Crippen molar-refractivity contribution in [2.24, 2.45) is 5.41 Å². The highest BCUT2D eigenvalue weighted by Gasteiger charge is 2.38. The topological polar surface area (TPSA) is 79.7 Å². The Balaban J connectivity index is 2.26. The van der Waals surface area contributed by atoms with E-state index in [4.69, 9.17) is 9.84 Å². The van der Waals surface area contributed by atoms with Crippen molar-refractivity contribution < 1.29 is 19.7 Å². The Morgan fingerprint density at radius 1 is 1.59 bits per heavy atom. The van der Waals surface area contributed by atoms with E-state index in [9.17, 15) is 9.90 Å². The molecule has 0 saturated carbocycles. The van der Waals surface area contributed by atoms with E-state index in [-0.39, 0.29) is 11.1 Å². The van der Waals surface area contributed by atoms with Gasteiger partial charge in [-0.05, 0) is 12.8 Å². The van der Waals surface area contributed by atoms with Crippen molar-refractivity contribution in [1.29, 1.82) is 0 Å². The number of aliphatic hydroxyl groups excluding tert-OH is 1. The van der Waals surface area contributed by atoms with Crippen LogP contribution in [-0.4, -0.2) is 34.4 Å². The highest BCUT2D eigenvalue weighted by Crippen LogP contribution is 2.44. The molecule has 0 amide bonds. The van der Waals surface area contributed by atoms with Crippen LogP contribution in [0.2, 0.25) is 0 Å².